The fraction of sp³-hybridized carbons (Fsp3) is 0.231. The number of aryl methyl sites for hydroxylation is 2. The monoisotopic (exact) mass is 452 g/mol. The van der Waals surface area contributed by atoms with Crippen LogP contribution in [0.3, 0.4) is 0 Å². The Morgan fingerprint density at radius 3 is 2.16 bits per heavy atom. The van der Waals surface area contributed by atoms with Gasteiger partial charge >= 0.3 is 0 Å². The van der Waals surface area contributed by atoms with Crippen molar-refractivity contribution in [3.63, 3.8) is 0 Å². The number of halogens is 1. The van der Waals surface area contributed by atoms with Gasteiger partial charge in [0.1, 0.15) is 0 Å². The fourth-order valence-corrected chi connectivity index (χ4v) is 3.75. The summed E-state index contributed by atoms with van der Waals surface area (Å²) in [6, 6.07) is 22.4. The normalized spacial score (nSPS) is 14.1. The van der Waals surface area contributed by atoms with E-state index in [1.165, 1.54) is 22.3 Å². The van der Waals surface area contributed by atoms with Gasteiger partial charge in [0.05, 0.1) is 0 Å². The maximum atomic E-state index is 11.9. The molecule has 6 heteroatoms. The van der Waals surface area contributed by atoms with Gasteiger partial charge < -0.3 is 15.7 Å². The minimum atomic E-state index is -0.250. The Bertz CT molecular complexity index is 1010. The first-order chi connectivity index (χ1) is 15.3. The van der Waals surface area contributed by atoms with Gasteiger partial charge in [0.15, 0.2) is 0 Å². The number of nitrogens with two attached hydrogens (primary N) is 1. The van der Waals surface area contributed by atoms with Crippen molar-refractivity contribution in [2.45, 2.75) is 39.7 Å². The Kier molecular flexibility index (Phi) is 9.29. The highest BCUT2D eigenvalue weighted by molar-refractivity contribution is 6.30. The van der Waals surface area contributed by atoms with Gasteiger partial charge in [-0.25, -0.2) is 0 Å². The lowest BCUT2D eigenvalue weighted by molar-refractivity contribution is -0.123. The Labute approximate surface area is 194 Å². The van der Waals surface area contributed by atoms with E-state index in [2.05, 4.69) is 56.3 Å². The van der Waals surface area contributed by atoms with Gasteiger partial charge in [0.2, 0.25) is 5.91 Å². The van der Waals surface area contributed by atoms with Crippen LogP contribution >= 0.6 is 11.6 Å². The van der Waals surface area contributed by atoms with E-state index in [0.29, 0.717) is 6.04 Å². The van der Waals surface area contributed by atoms with Crippen LogP contribution in [-0.4, -0.2) is 23.5 Å². The minimum Gasteiger partial charge on any atom is -0.483 e. The molecule has 1 aliphatic rings. The first-order valence-corrected chi connectivity index (χ1v) is 10.7. The van der Waals surface area contributed by atoms with E-state index in [9.17, 15) is 4.79 Å². The average molecular weight is 453 g/mol. The maximum Gasteiger partial charge on any atom is 0.290 e. The number of hydrogen-bond donors (Lipinski definition) is 2. The van der Waals surface area contributed by atoms with Crippen molar-refractivity contribution in [3.8, 4) is 11.1 Å². The SMILES string of the molecule is CC(=O)N1c2ccc(-c3ccc(C)cc3)cc2CC[C@@H]1C.Nc1ccc(Cl)cc1.O=CO. The predicted octanol–water partition coefficient (Wildman–Crippen LogP) is 5.97. The zero-order valence-electron chi connectivity index (χ0n) is 18.6. The van der Waals surface area contributed by atoms with Gasteiger partial charge in [0.25, 0.3) is 6.47 Å². The molecule has 0 aromatic heterocycles. The topological polar surface area (TPSA) is 83.6 Å². The van der Waals surface area contributed by atoms with Crippen LogP contribution in [0.2, 0.25) is 5.02 Å². The number of carbonyl (C=O) groups is 2. The lowest BCUT2D eigenvalue weighted by Gasteiger charge is -2.34. The van der Waals surface area contributed by atoms with Crippen molar-refractivity contribution in [2.75, 3.05) is 10.6 Å². The number of nitrogens with zero attached hydrogens (tertiary/aromatic N) is 1. The zero-order chi connectivity index (χ0) is 23.7. The molecule has 1 amide bonds. The molecule has 4 rings (SSSR count). The molecule has 5 nitrogen and oxygen atoms in total. The van der Waals surface area contributed by atoms with Crippen LogP contribution in [0.15, 0.2) is 66.7 Å². The zero-order valence-corrected chi connectivity index (χ0v) is 19.3. The van der Waals surface area contributed by atoms with Gasteiger partial charge in [-0.1, -0.05) is 47.5 Å². The molecule has 168 valence electrons. The third-order valence-corrected chi connectivity index (χ3v) is 5.46. The smallest absolute Gasteiger partial charge is 0.290 e. The number of amides is 1. The predicted molar refractivity (Wildman–Crippen MR) is 132 cm³/mol. The first-order valence-electron chi connectivity index (χ1n) is 10.4. The van der Waals surface area contributed by atoms with Crippen molar-refractivity contribution >= 4 is 35.4 Å². The van der Waals surface area contributed by atoms with E-state index in [-0.39, 0.29) is 12.4 Å². The molecule has 3 aromatic rings. The van der Waals surface area contributed by atoms with E-state index >= 15 is 0 Å². The van der Waals surface area contributed by atoms with Crippen molar-refractivity contribution in [1.82, 2.24) is 0 Å². The number of rotatable bonds is 1. The number of hydrogen-bond acceptors (Lipinski definition) is 3. The molecule has 1 atom stereocenters. The van der Waals surface area contributed by atoms with Crippen LogP contribution in [0.25, 0.3) is 11.1 Å². The Morgan fingerprint density at radius 1 is 1.06 bits per heavy atom. The Balaban J connectivity index is 0.000000274. The number of carboxylic acid groups (broad SMARTS) is 1. The number of anilines is 2. The fourth-order valence-electron chi connectivity index (χ4n) is 3.62. The summed E-state index contributed by atoms with van der Waals surface area (Å²) in [7, 11) is 0. The third-order valence-electron chi connectivity index (χ3n) is 5.21. The minimum absolute atomic E-state index is 0.131. The molecule has 0 saturated carbocycles. The number of carbonyl (C=O) groups excluding carboxylic acids is 1. The van der Waals surface area contributed by atoms with E-state index in [0.717, 1.165) is 29.2 Å². The Hall–Kier alpha value is -3.31. The molecule has 32 heavy (non-hydrogen) atoms. The molecule has 0 radical (unpaired) electrons. The third kappa shape index (κ3) is 6.86. The van der Waals surface area contributed by atoms with Crippen LogP contribution in [0.1, 0.15) is 31.4 Å². The largest absolute Gasteiger partial charge is 0.483 e. The van der Waals surface area contributed by atoms with E-state index in [1.807, 2.05) is 4.90 Å². The second kappa shape index (κ2) is 11.9. The van der Waals surface area contributed by atoms with E-state index in [4.69, 9.17) is 27.2 Å². The highest BCUT2D eigenvalue weighted by Gasteiger charge is 2.26. The van der Waals surface area contributed by atoms with Crippen molar-refractivity contribution < 1.29 is 14.7 Å². The van der Waals surface area contributed by atoms with Gasteiger partial charge in [-0.3, -0.25) is 9.59 Å². The molecule has 1 aliphatic heterocycles. The van der Waals surface area contributed by atoms with Gasteiger partial charge in [-0.2, -0.15) is 0 Å². The highest BCUT2D eigenvalue weighted by atomic mass is 35.5. The summed E-state index contributed by atoms with van der Waals surface area (Å²) in [5.74, 6) is 0.131. The maximum absolute atomic E-state index is 11.9. The second-order valence-corrected chi connectivity index (χ2v) is 8.08. The van der Waals surface area contributed by atoms with Crippen molar-refractivity contribution in [2.24, 2.45) is 0 Å². The van der Waals surface area contributed by atoms with Gasteiger partial charge in [0, 0.05) is 29.4 Å². The molecule has 0 aliphatic carbocycles. The molecule has 0 spiro atoms. The molecule has 3 aromatic carbocycles. The number of nitrogen functional groups attached to an aromatic ring is 1. The lowest BCUT2D eigenvalue weighted by atomic mass is 9.93. The highest BCUT2D eigenvalue weighted by Crippen LogP contribution is 2.34. The average Bonchev–Trinajstić information content (AvgIpc) is 2.77. The Morgan fingerprint density at radius 2 is 1.62 bits per heavy atom. The van der Waals surface area contributed by atoms with Crippen LogP contribution in [0.5, 0.6) is 0 Å². The second-order valence-electron chi connectivity index (χ2n) is 7.64. The van der Waals surface area contributed by atoms with E-state index in [1.54, 1.807) is 31.2 Å². The van der Waals surface area contributed by atoms with Crippen LogP contribution in [-0.2, 0) is 16.0 Å². The lowest BCUT2D eigenvalue weighted by Crippen LogP contribution is -2.40. The van der Waals surface area contributed by atoms with Gasteiger partial charge in [-0.15, -0.1) is 0 Å². The van der Waals surface area contributed by atoms with Crippen LogP contribution in [0, 0.1) is 6.92 Å². The van der Waals surface area contributed by atoms with Crippen molar-refractivity contribution in [3.05, 3.63) is 82.9 Å². The van der Waals surface area contributed by atoms with Crippen molar-refractivity contribution in [1.29, 1.82) is 0 Å². The van der Waals surface area contributed by atoms with Gasteiger partial charge in [-0.05, 0) is 79.8 Å². The molecule has 0 saturated heterocycles. The molecule has 0 unspecified atom stereocenters. The summed E-state index contributed by atoms with van der Waals surface area (Å²) in [5.41, 5.74) is 12.2. The number of fused-ring (bicyclic) bond motifs is 1. The molecular formula is C26H29ClN2O3. The number of benzene rings is 3. The molecule has 0 bridgehead atoms. The van der Waals surface area contributed by atoms with Crippen LogP contribution in [0.4, 0.5) is 11.4 Å². The molecular weight excluding hydrogens is 424 g/mol. The molecule has 1 heterocycles. The summed E-state index contributed by atoms with van der Waals surface area (Å²) in [6.45, 7) is 5.63. The summed E-state index contributed by atoms with van der Waals surface area (Å²) in [4.78, 5) is 22.2. The standard InChI is InChI=1S/C19H21NO.C6H6ClN.CH2O2/c1-13-4-7-16(8-5-13)17-10-11-19-18(12-17)9-6-14(2)20(19)15(3)21;7-5-1-3-6(8)4-2-5;2-1-3/h4-5,7-8,10-12,14H,6,9H2,1-3H3;1-4H,8H2;1H,(H,2,3)/t14-;;/m0../s1. The summed E-state index contributed by atoms with van der Waals surface area (Å²) in [5, 5.41) is 7.61. The molecule has 3 N–H and O–H groups in total. The van der Waals surface area contributed by atoms with E-state index < -0.39 is 0 Å². The van der Waals surface area contributed by atoms with Crippen LogP contribution < -0.4 is 10.6 Å². The summed E-state index contributed by atoms with van der Waals surface area (Å²) < 4.78 is 0. The summed E-state index contributed by atoms with van der Waals surface area (Å²) >= 11 is 5.56. The summed E-state index contributed by atoms with van der Waals surface area (Å²) in [6.07, 6.45) is 2.07. The molecule has 0 fully saturated rings. The quantitative estimate of drug-likeness (QED) is 0.351. The first kappa shape index (κ1) is 25.0.